The largest absolute Gasteiger partial charge is 0.497 e. The van der Waals surface area contributed by atoms with Crippen LogP contribution < -0.4 is 10.1 Å². The second-order valence-corrected chi connectivity index (χ2v) is 8.73. The fourth-order valence-electron chi connectivity index (χ4n) is 2.82. The van der Waals surface area contributed by atoms with E-state index in [1.807, 2.05) is 41.8 Å². The van der Waals surface area contributed by atoms with Crippen LogP contribution >= 0.6 is 23.1 Å². The molecule has 0 saturated heterocycles. The molecule has 1 N–H and O–H groups in total. The van der Waals surface area contributed by atoms with Gasteiger partial charge in [0.05, 0.1) is 18.4 Å². The number of nitriles is 1. The first-order chi connectivity index (χ1) is 15.1. The Hall–Kier alpha value is -2.89. The van der Waals surface area contributed by atoms with Gasteiger partial charge in [-0.15, -0.1) is 23.1 Å². The third-order valence-electron chi connectivity index (χ3n) is 4.53. The minimum atomic E-state index is -0.108. The number of carbonyl (C=O) groups excluding carboxylic acids is 1. The van der Waals surface area contributed by atoms with Crippen molar-refractivity contribution in [1.29, 1.82) is 5.26 Å². The monoisotopic (exact) mass is 452 g/mol. The van der Waals surface area contributed by atoms with E-state index in [1.165, 1.54) is 23.1 Å². The number of hydrogen-bond acceptors (Lipinski definition) is 7. The fourth-order valence-corrected chi connectivity index (χ4v) is 4.49. The van der Waals surface area contributed by atoms with Crippen LogP contribution in [-0.4, -0.2) is 28.7 Å². The van der Waals surface area contributed by atoms with Crippen molar-refractivity contribution in [2.75, 3.05) is 18.2 Å². The van der Waals surface area contributed by atoms with Gasteiger partial charge >= 0.3 is 0 Å². The van der Waals surface area contributed by atoms with E-state index < -0.39 is 0 Å². The van der Waals surface area contributed by atoms with Crippen LogP contribution in [0.25, 0.3) is 11.3 Å². The van der Waals surface area contributed by atoms with Gasteiger partial charge in [0.15, 0.2) is 5.13 Å². The van der Waals surface area contributed by atoms with Crippen molar-refractivity contribution in [2.24, 2.45) is 0 Å². The van der Waals surface area contributed by atoms with E-state index in [4.69, 9.17) is 4.74 Å². The van der Waals surface area contributed by atoms with Crippen LogP contribution in [0.3, 0.4) is 0 Å². The number of anilines is 1. The van der Waals surface area contributed by atoms with Crippen LogP contribution in [0.1, 0.15) is 37.4 Å². The Balaban J connectivity index is 1.53. The summed E-state index contributed by atoms with van der Waals surface area (Å²) in [5.41, 5.74) is 3.31. The Bertz CT molecular complexity index is 1060. The first-order valence-electron chi connectivity index (χ1n) is 10.1. The first-order valence-corrected chi connectivity index (χ1v) is 11.9. The summed E-state index contributed by atoms with van der Waals surface area (Å²) in [7, 11) is 1.63. The number of hydrogen-bond donors (Lipinski definition) is 1. The molecule has 0 spiro atoms. The van der Waals surface area contributed by atoms with Crippen LogP contribution in [0.15, 0.2) is 46.8 Å². The highest BCUT2D eigenvalue weighted by Crippen LogP contribution is 2.27. The van der Waals surface area contributed by atoms with Gasteiger partial charge in [0.2, 0.25) is 5.91 Å². The molecule has 0 fully saturated rings. The number of thioether (sulfide) groups is 1. The number of nitrogens with one attached hydrogen (secondary N) is 1. The number of nitrogens with zero attached hydrogens (tertiary/aromatic N) is 3. The molecule has 0 bridgehead atoms. The molecule has 3 rings (SSSR count). The molecule has 0 unspecified atom stereocenters. The van der Waals surface area contributed by atoms with E-state index in [9.17, 15) is 10.1 Å². The molecule has 6 nitrogen and oxygen atoms in total. The number of methoxy groups -OCH3 is 1. The number of unbranched alkanes of at least 4 members (excludes halogenated alkanes) is 1. The molecule has 31 heavy (non-hydrogen) atoms. The minimum Gasteiger partial charge on any atom is -0.497 e. The molecular weight excluding hydrogens is 428 g/mol. The Labute approximate surface area is 190 Å². The Morgan fingerprint density at radius 1 is 1.23 bits per heavy atom. The van der Waals surface area contributed by atoms with Gasteiger partial charge in [-0.05, 0) is 49.2 Å². The lowest BCUT2D eigenvalue weighted by Crippen LogP contribution is -2.12. The van der Waals surface area contributed by atoms with Crippen LogP contribution in [0.4, 0.5) is 5.13 Å². The lowest BCUT2D eigenvalue weighted by Gasteiger charge is -2.06. The second kappa shape index (κ2) is 11.5. The van der Waals surface area contributed by atoms with Gasteiger partial charge in [0, 0.05) is 28.8 Å². The average Bonchev–Trinajstić information content (AvgIpc) is 3.26. The molecule has 8 heteroatoms. The third-order valence-corrected chi connectivity index (χ3v) is 6.28. The highest BCUT2D eigenvalue weighted by Gasteiger charge is 2.11. The Morgan fingerprint density at radius 3 is 2.74 bits per heavy atom. The number of pyridine rings is 1. The van der Waals surface area contributed by atoms with E-state index in [0.717, 1.165) is 42.0 Å². The molecule has 2 heterocycles. The summed E-state index contributed by atoms with van der Waals surface area (Å²) in [4.78, 5) is 21.4. The number of amides is 1. The summed E-state index contributed by atoms with van der Waals surface area (Å²) in [6.45, 7) is 2.14. The van der Waals surface area contributed by atoms with E-state index in [-0.39, 0.29) is 5.91 Å². The van der Waals surface area contributed by atoms with Gasteiger partial charge < -0.3 is 10.1 Å². The normalized spacial score (nSPS) is 10.5. The number of aromatic nitrogens is 2. The predicted molar refractivity (Wildman–Crippen MR) is 126 cm³/mol. The second-order valence-electron chi connectivity index (χ2n) is 6.78. The highest BCUT2D eigenvalue weighted by molar-refractivity contribution is 7.99. The maximum Gasteiger partial charge on any atom is 0.226 e. The lowest BCUT2D eigenvalue weighted by molar-refractivity contribution is -0.115. The van der Waals surface area contributed by atoms with Gasteiger partial charge in [0.1, 0.15) is 16.8 Å². The van der Waals surface area contributed by atoms with Crippen LogP contribution in [0.5, 0.6) is 5.75 Å². The van der Waals surface area contributed by atoms with Crippen molar-refractivity contribution in [2.45, 2.75) is 37.6 Å². The van der Waals surface area contributed by atoms with Crippen LogP contribution in [-0.2, 0) is 11.2 Å². The summed E-state index contributed by atoms with van der Waals surface area (Å²) < 4.78 is 5.17. The number of thiazole rings is 1. The number of ether oxygens (including phenoxy) is 1. The first kappa shape index (κ1) is 22.8. The lowest BCUT2D eigenvalue weighted by atomic mass is 10.2. The number of benzene rings is 1. The summed E-state index contributed by atoms with van der Waals surface area (Å²) in [5.74, 6) is 1.22. The quantitative estimate of drug-likeness (QED) is 0.406. The molecule has 0 aliphatic rings. The van der Waals surface area contributed by atoms with Gasteiger partial charge in [0.25, 0.3) is 0 Å². The van der Waals surface area contributed by atoms with Crippen molar-refractivity contribution >= 4 is 34.1 Å². The molecule has 1 amide bonds. The molecule has 160 valence electrons. The predicted octanol–water partition coefficient (Wildman–Crippen LogP) is 5.55. The molecule has 0 aliphatic heterocycles. The Kier molecular flexibility index (Phi) is 8.44. The van der Waals surface area contributed by atoms with E-state index in [2.05, 4.69) is 28.3 Å². The maximum atomic E-state index is 12.3. The SMILES string of the molecule is CCCCc1ccc(C#N)c(SCCC(=O)Nc2nc(-c3ccc(OC)cc3)cs2)n1. The van der Waals surface area contributed by atoms with E-state index >= 15 is 0 Å². The topological polar surface area (TPSA) is 87.9 Å². The molecule has 0 saturated carbocycles. The molecule has 0 aliphatic carbocycles. The van der Waals surface area contributed by atoms with Crippen molar-refractivity contribution in [3.05, 3.63) is 53.0 Å². The van der Waals surface area contributed by atoms with Gasteiger partial charge in [-0.2, -0.15) is 5.26 Å². The maximum absolute atomic E-state index is 12.3. The van der Waals surface area contributed by atoms with Crippen molar-refractivity contribution in [3.8, 4) is 23.1 Å². The van der Waals surface area contributed by atoms with Gasteiger partial charge in [-0.25, -0.2) is 9.97 Å². The zero-order valence-electron chi connectivity index (χ0n) is 17.6. The molecule has 0 radical (unpaired) electrons. The summed E-state index contributed by atoms with van der Waals surface area (Å²) in [6.07, 6.45) is 3.38. The smallest absolute Gasteiger partial charge is 0.226 e. The van der Waals surface area contributed by atoms with Gasteiger partial charge in [-0.3, -0.25) is 4.79 Å². The summed E-state index contributed by atoms with van der Waals surface area (Å²) in [5, 5.41) is 15.3. The minimum absolute atomic E-state index is 0.108. The Morgan fingerprint density at radius 2 is 2.03 bits per heavy atom. The molecule has 1 aromatic carbocycles. The number of rotatable bonds is 10. The van der Waals surface area contributed by atoms with Crippen LogP contribution in [0, 0.1) is 11.3 Å². The van der Waals surface area contributed by atoms with Crippen molar-refractivity contribution in [1.82, 2.24) is 9.97 Å². The van der Waals surface area contributed by atoms with Gasteiger partial charge in [-0.1, -0.05) is 13.3 Å². The average molecular weight is 453 g/mol. The van der Waals surface area contributed by atoms with Crippen LogP contribution in [0.2, 0.25) is 0 Å². The molecule has 2 aromatic heterocycles. The van der Waals surface area contributed by atoms with Crippen molar-refractivity contribution in [3.63, 3.8) is 0 Å². The molecule has 0 atom stereocenters. The summed E-state index contributed by atoms with van der Waals surface area (Å²) >= 11 is 2.83. The van der Waals surface area contributed by atoms with E-state index in [0.29, 0.717) is 27.9 Å². The fraction of sp³-hybridized carbons (Fsp3) is 0.304. The van der Waals surface area contributed by atoms with E-state index in [1.54, 1.807) is 7.11 Å². The standard InChI is InChI=1S/C23H24N4O2S2/c1-3-4-5-18-9-6-17(14-24)22(25-18)30-13-12-21(28)27-23-26-20(15-31-23)16-7-10-19(29-2)11-8-16/h6-11,15H,3-5,12-13H2,1-2H3,(H,26,27,28). The van der Waals surface area contributed by atoms with Crippen molar-refractivity contribution < 1.29 is 9.53 Å². The summed E-state index contributed by atoms with van der Waals surface area (Å²) in [6, 6.07) is 13.5. The molecular formula is C23H24N4O2S2. The highest BCUT2D eigenvalue weighted by atomic mass is 32.2. The third kappa shape index (κ3) is 6.54. The zero-order chi connectivity index (χ0) is 22.1. The number of carbonyl (C=O) groups is 1. The number of aryl methyl sites for hydroxylation is 1. The molecule has 3 aromatic rings. The zero-order valence-corrected chi connectivity index (χ0v) is 19.2.